The van der Waals surface area contributed by atoms with Crippen LogP contribution in [-0.4, -0.2) is 58.2 Å². The fourth-order valence-corrected chi connectivity index (χ4v) is 2.30. The van der Waals surface area contributed by atoms with E-state index in [0.717, 1.165) is 25.2 Å². The molecule has 1 heterocycles. The van der Waals surface area contributed by atoms with Crippen LogP contribution >= 0.6 is 0 Å². The van der Waals surface area contributed by atoms with Crippen molar-refractivity contribution in [1.29, 1.82) is 0 Å². The van der Waals surface area contributed by atoms with Crippen molar-refractivity contribution in [3.05, 3.63) is 29.8 Å². The molecular formula is C14H20N2O3. The van der Waals surface area contributed by atoms with Crippen LogP contribution in [0.15, 0.2) is 24.3 Å². The second kappa shape index (κ2) is 6.04. The topological polar surface area (TPSA) is 64.0 Å². The van der Waals surface area contributed by atoms with Gasteiger partial charge in [0.2, 0.25) is 0 Å². The summed E-state index contributed by atoms with van der Waals surface area (Å²) in [6, 6.07) is 7.22. The fraction of sp³-hybridized carbons (Fsp3) is 0.500. The molecule has 1 amide bonds. The van der Waals surface area contributed by atoms with Gasteiger partial charge in [-0.2, -0.15) is 0 Å². The summed E-state index contributed by atoms with van der Waals surface area (Å²) >= 11 is 0. The minimum atomic E-state index is -0.919. The van der Waals surface area contributed by atoms with Gasteiger partial charge in [-0.05, 0) is 24.6 Å². The van der Waals surface area contributed by atoms with Crippen LogP contribution in [0.1, 0.15) is 12.5 Å². The van der Waals surface area contributed by atoms with Crippen molar-refractivity contribution in [2.45, 2.75) is 19.6 Å². The van der Waals surface area contributed by atoms with Crippen LogP contribution in [0.2, 0.25) is 0 Å². The quantitative estimate of drug-likeness (QED) is 0.830. The number of hydrogen-bond donors (Lipinski definition) is 2. The zero-order valence-electron chi connectivity index (χ0n) is 11.1. The molecule has 1 atom stereocenters. The zero-order valence-corrected chi connectivity index (χ0v) is 11.1. The number of piperazine rings is 1. The van der Waals surface area contributed by atoms with Crippen LogP contribution in [-0.2, 0) is 11.3 Å². The maximum absolute atomic E-state index is 11.6. The number of carbonyl (C=O) groups is 1. The van der Waals surface area contributed by atoms with E-state index in [2.05, 4.69) is 4.90 Å². The monoisotopic (exact) mass is 264 g/mol. The Morgan fingerprint density at radius 2 is 2.00 bits per heavy atom. The second-order valence-electron chi connectivity index (χ2n) is 4.95. The van der Waals surface area contributed by atoms with Crippen molar-refractivity contribution in [2.24, 2.45) is 0 Å². The van der Waals surface area contributed by atoms with Gasteiger partial charge in [0.1, 0.15) is 11.9 Å². The Labute approximate surface area is 113 Å². The van der Waals surface area contributed by atoms with Gasteiger partial charge in [-0.25, -0.2) is 0 Å². The van der Waals surface area contributed by atoms with E-state index < -0.39 is 6.10 Å². The van der Waals surface area contributed by atoms with Crippen LogP contribution in [0.3, 0.4) is 0 Å². The van der Waals surface area contributed by atoms with Gasteiger partial charge in [0.15, 0.2) is 0 Å². The molecule has 0 aliphatic carbocycles. The zero-order chi connectivity index (χ0) is 13.8. The minimum absolute atomic E-state index is 0.197. The minimum Gasteiger partial charge on any atom is -0.508 e. The standard InChI is InChI=1S/C14H20N2O3/c1-11(17)14(19)16-7-5-15(6-8-16)10-12-3-2-4-13(18)9-12/h2-4,9,11,17-18H,5-8,10H2,1H3. The lowest BCUT2D eigenvalue weighted by atomic mass is 10.2. The highest BCUT2D eigenvalue weighted by Crippen LogP contribution is 2.14. The highest BCUT2D eigenvalue weighted by molar-refractivity contribution is 5.80. The predicted octanol–water partition coefficient (Wildman–Crippen LogP) is 0.417. The smallest absolute Gasteiger partial charge is 0.251 e. The molecule has 0 aromatic heterocycles. The molecule has 1 aromatic carbocycles. The van der Waals surface area contributed by atoms with Gasteiger partial charge in [0, 0.05) is 32.7 Å². The van der Waals surface area contributed by atoms with Gasteiger partial charge in [-0.1, -0.05) is 12.1 Å². The number of phenolic OH excluding ortho intramolecular Hbond substituents is 1. The van der Waals surface area contributed by atoms with Crippen molar-refractivity contribution >= 4 is 5.91 Å². The number of phenols is 1. The molecule has 5 heteroatoms. The summed E-state index contributed by atoms with van der Waals surface area (Å²) in [5, 5.41) is 18.7. The van der Waals surface area contributed by atoms with E-state index in [1.165, 1.54) is 6.92 Å². The van der Waals surface area contributed by atoms with Crippen LogP contribution in [0, 0.1) is 0 Å². The summed E-state index contributed by atoms with van der Waals surface area (Å²) < 4.78 is 0. The molecule has 1 fully saturated rings. The number of rotatable bonds is 3. The fourth-order valence-electron chi connectivity index (χ4n) is 2.30. The summed E-state index contributed by atoms with van der Waals surface area (Å²) in [7, 11) is 0. The average Bonchev–Trinajstić information content (AvgIpc) is 2.39. The van der Waals surface area contributed by atoms with E-state index >= 15 is 0 Å². The first-order chi connectivity index (χ1) is 9.06. The molecule has 1 aliphatic rings. The first-order valence-corrected chi connectivity index (χ1v) is 6.53. The second-order valence-corrected chi connectivity index (χ2v) is 4.95. The summed E-state index contributed by atoms with van der Waals surface area (Å²) in [5.74, 6) is 0.0809. The molecule has 0 bridgehead atoms. The highest BCUT2D eigenvalue weighted by atomic mass is 16.3. The summed E-state index contributed by atoms with van der Waals surface area (Å²) in [4.78, 5) is 15.6. The maximum atomic E-state index is 11.6. The van der Waals surface area contributed by atoms with Crippen molar-refractivity contribution in [3.63, 3.8) is 0 Å². The first kappa shape index (κ1) is 13.8. The van der Waals surface area contributed by atoms with Gasteiger partial charge in [0.05, 0.1) is 0 Å². The van der Waals surface area contributed by atoms with Crippen LogP contribution in [0.25, 0.3) is 0 Å². The lowest BCUT2D eigenvalue weighted by Crippen LogP contribution is -2.50. The Hall–Kier alpha value is -1.59. The van der Waals surface area contributed by atoms with E-state index in [4.69, 9.17) is 0 Å². The molecule has 1 aromatic rings. The summed E-state index contributed by atoms with van der Waals surface area (Å²) in [5.41, 5.74) is 1.07. The third kappa shape index (κ3) is 3.68. The van der Waals surface area contributed by atoms with Crippen LogP contribution in [0.5, 0.6) is 5.75 Å². The summed E-state index contributed by atoms with van der Waals surface area (Å²) in [6.45, 7) is 5.12. The highest BCUT2D eigenvalue weighted by Gasteiger charge is 2.23. The van der Waals surface area contributed by atoms with Gasteiger partial charge in [-0.15, -0.1) is 0 Å². The number of amides is 1. The third-order valence-electron chi connectivity index (χ3n) is 3.36. The Balaban J connectivity index is 1.85. The predicted molar refractivity (Wildman–Crippen MR) is 71.6 cm³/mol. The number of aromatic hydroxyl groups is 1. The average molecular weight is 264 g/mol. The van der Waals surface area contributed by atoms with E-state index in [1.807, 2.05) is 12.1 Å². The number of nitrogens with zero attached hydrogens (tertiary/aromatic N) is 2. The van der Waals surface area contributed by atoms with E-state index in [-0.39, 0.29) is 11.7 Å². The SMILES string of the molecule is CC(O)C(=O)N1CCN(Cc2cccc(O)c2)CC1. The molecule has 1 aliphatic heterocycles. The molecule has 0 spiro atoms. The van der Waals surface area contributed by atoms with Crippen molar-refractivity contribution < 1.29 is 15.0 Å². The Morgan fingerprint density at radius 3 is 2.58 bits per heavy atom. The van der Waals surface area contributed by atoms with E-state index in [9.17, 15) is 15.0 Å². The van der Waals surface area contributed by atoms with Crippen LogP contribution < -0.4 is 0 Å². The number of carbonyl (C=O) groups excluding carboxylic acids is 1. The molecule has 5 nitrogen and oxygen atoms in total. The number of aliphatic hydroxyl groups excluding tert-OH is 1. The van der Waals surface area contributed by atoms with E-state index in [0.29, 0.717) is 13.1 Å². The van der Waals surface area contributed by atoms with Gasteiger partial charge < -0.3 is 15.1 Å². The Kier molecular flexibility index (Phi) is 4.39. The molecule has 2 N–H and O–H groups in total. The molecule has 19 heavy (non-hydrogen) atoms. The van der Waals surface area contributed by atoms with Gasteiger partial charge in [0.25, 0.3) is 5.91 Å². The largest absolute Gasteiger partial charge is 0.508 e. The van der Waals surface area contributed by atoms with Crippen molar-refractivity contribution in [2.75, 3.05) is 26.2 Å². The first-order valence-electron chi connectivity index (χ1n) is 6.53. The molecule has 104 valence electrons. The molecule has 1 unspecified atom stereocenters. The molecule has 0 radical (unpaired) electrons. The third-order valence-corrected chi connectivity index (χ3v) is 3.36. The Morgan fingerprint density at radius 1 is 1.32 bits per heavy atom. The molecule has 1 saturated heterocycles. The van der Waals surface area contributed by atoms with Gasteiger partial charge in [-0.3, -0.25) is 9.69 Å². The summed E-state index contributed by atoms with van der Waals surface area (Å²) in [6.07, 6.45) is -0.919. The molecule has 2 rings (SSSR count). The van der Waals surface area contributed by atoms with Crippen molar-refractivity contribution in [1.82, 2.24) is 9.80 Å². The number of hydrogen-bond acceptors (Lipinski definition) is 4. The Bertz CT molecular complexity index is 440. The molecular weight excluding hydrogens is 244 g/mol. The molecule has 0 saturated carbocycles. The number of benzene rings is 1. The number of aliphatic hydroxyl groups is 1. The van der Waals surface area contributed by atoms with Gasteiger partial charge >= 0.3 is 0 Å². The maximum Gasteiger partial charge on any atom is 0.251 e. The lowest BCUT2D eigenvalue weighted by Gasteiger charge is -2.35. The normalized spacial score (nSPS) is 18.3. The van der Waals surface area contributed by atoms with E-state index in [1.54, 1.807) is 17.0 Å². The van der Waals surface area contributed by atoms with Crippen LogP contribution in [0.4, 0.5) is 0 Å². The lowest BCUT2D eigenvalue weighted by molar-refractivity contribution is -0.141. The van der Waals surface area contributed by atoms with Crippen molar-refractivity contribution in [3.8, 4) is 5.75 Å².